The van der Waals surface area contributed by atoms with Crippen molar-refractivity contribution >= 4 is 5.69 Å². The van der Waals surface area contributed by atoms with Gasteiger partial charge in [-0.25, -0.2) is 4.98 Å². The van der Waals surface area contributed by atoms with E-state index in [0.29, 0.717) is 11.7 Å². The van der Waals surface area contributed by atoms with Gasteiger partial charge in [-0.2, -0.15) is 5.26 Å². The second-order valence-electron chi connectivity index (χ2n) is 4.58. The number of rotatable bonds is 5. The van der Waals surface area contributed by atoms with Crippen molar-refractivity contribution in [1.29, 1.82) is 5.26 Å². The number of nitriles is 1. The molecule has 0 radical (unpaired) electrons. The van der Waals surface area contributed by atoms with Gasteiger partial charge < -0.3 is 5.32 Å². The third-order valence-corrected chi connectivity index (χ3v) is 3.02. The van der Waals surface area contributed by atoms with Crippen LogP contribution in [-0.2, 0) is 6.42 Å². The van der Waals surface area contributed by atoms with Crippen LogP contribution in [-0.4, -0.2) is 11.0 Å². The lowest BCUT2D eigenvalue weighted by Gasteiger charge is -2.15. The summed E-state index contributed by atoms with van der Waals surface area (Å²) in [5.41, 5.74) is 2.60. The Kier molecular flexibility index (Phi) is 4.52. The molecule has 1 aromatic heterocycles. The Morgan fingerprint density at radius 2 is 2.00 bits per heavy atom. The molecule has 3 nitrogen and oxygen atoms in total. The lowest BCUT2D eigenvalue weighted by molar-refractivity contribution is 0.705. The smallest absolute Gasteiger partial charge is 0.163 e. The normalized spacial score (nSPS) is 11.6. The van der Waals surface area contributed by atoms with E-state index in [-0.39, 0.29) is 0 Å². The summed E-state index contributed by atoms with van der Waals surface area (Å²) in [6.45, 7) is 2.12. The molecule has 3 heteroatoms. The van der Waals surface area contributed by atoms with E-state index in [1.165, 1.54) is 5.56 Å². The van der Waals surface area contributed by atoms with Crippen LogP contribution in [0.4, 0.5) is 5.69 Å². The van der Waals surface area contributed by atoms with Gasteiger partial charge in [-0.3, -0.25) is 0 Å². The summed E-state index contributed by atoms with van der Waals surface area (Å²) >= 11 is 0. The van der Waals surface area contributed by atoms with Gasteiger partial charge in [-0.05, 0) is 37.5 Å². The van der Waals surface area contributed by atoms with E-state index in [4.69, 9.17) is 5.26 Å². The van der Waals surface area contributed by atoms with Crippen LogP contribution < -0.4 is 5.32 Å². The zero-order valence-electron chi connectivity index (χ0n) is 11.0. The molecule has 0 aliphatic rings. The number of anilines is 1. The van der Waals surface area contributed by atoms with Crippen LogP contribution in [0.2, 0.25) is 0 Å². The van der Waals surface area contributed by atoms with Crippen LogP contribution in [0.3, 0.4) is 0 Å². The molecule has 96 valence electrons. The Bertz CT molecular complexity index is 558. The summed E-state index contributed by atoms with van der Waals surface area (Å²) < 4.78 is 0. The van der Waals surface area contributed by atoms with Crippen LogP contribution in [0.5, 0.6) is 0 Å². The number of hydrogen-bond acceptors (Lipinski definition) is 3. The second kappa shape index (κ2) is 6.55. The molecule has 1 N–H and O–H groups in total. The molecule has 0 spiro atoms. The zero-order chi connectivity index (χ0) is 13.5. The van der Waals surface area contributed by atoms with Gasteiger partial charge in [0.1, 0.15) is 6.07 Å². The molecule has 0 aliphatic heterocycles. The lowest BCUT2D eigenvalue weighted by atomic mass is 10.1. The number of benzene rings is 1. The zero-order valence-corrected chi connectivity index (χ0v) is 11.0. The molecular weight excluding hydrogens is 234 g/mol. The molecule has 1 unspecified atom stereocenters. The predicted molar refractivity (Wildman–Crippen MR) is 76.8 cm³/mol. The molecule has 0 amide bonds. The maximum atomic E-state index is 8.99. The van der Waals surface area contributed by atoms with E-state index >= 15 is 0 Å². The Labute approximate surface area is 113 Å². The topological polar surface area (TPSA) is 48.7 Å². The van der Waals surface area contributed by atoms with Crippen LogP contribution in [0.25, 0.3) is 0 Å². The first-order chi connectivity index (χ1) is 9.29. The molecule has 0 saturated carbocycles. The Balaban J connectivity index is 1.91. The third-order valence-electron chi connectivity index (χ3n) is 3.02. The molecule has 0 bridgehead atoms. The Hall–Kier alpha value is -2.34. The highest BCUT2D eigenvalue weighted by molar-refractivity contribution is 5.53. The summed E-state index contributed by atoms with van der Waals surface area (Å²) in [7, 11) is 0. The monoisotopic (exact) mass is 251 g/mol. The molecule has 1 aromatic carbocycles. The molecule has 19 heavy (non-hydrogen) atoms. The fourth-order valence-corrected chi connectivity index (χ4v) is 1.98. The number of nitrogens with one attached hydrogen (secondary N) is 1. The highest BCUT2D eigenvalue weighted by atomic mass is 14.9. The number of nitrogens with zero attached hydrogens (tertiary/aromatic N) is 2. The first kappa shape index (κ1) is 13.1. The Morgan fingerprint density at radius 3 is 2.74 bits per heavy atom. The van der Waals surface area contributed by atoms with Crippen molar-refractivity contribution in [2.24, 2.45) is 0 Å². The minimum absolute atomic E-state index is 0.302. The van der Waals surface area contributed by atoms with Gasteiger partial charge >= 0.3 is 0 Å². The summed E-state index contributed by atoms with van der Waals surface area (Å²) in [5, 5.41) is 12.3. The highest BCUT2D eigenvalue weighted by Crippen LogP contribution is 2.14. The van der Waals surface area contributed by atoms with Crippen molar-refractivity contribution in [1.82, 2.24) is 4.98 Å². The van der Waals surface area contributed by atoms with E-state index in [0.717, 1.165) is 18.5 Å². The van der Waals surface area contributed by atoms with E-state index in [1.807, 2.05) is 18.2 Å². The molecular formula is C16H17N3. The first-order valence-corrected chi connectivity index (χ1v) is 6.45. The summed E-state index contributed by atoms with van der Waals surface area (Å²) in [4.78, 5) is 4.04. The van der Waals surface area contributed by atoms with Crippen LogP contribution in [0.15, 0.2) is 48.7 Å². The van der Waals surface area contributed by atoms with Gasteiger partial charge in [-0.1, -0.05) is 30.3 Å². The van der Waals surface area contributed by atoms with Gasteiger partial charge in [0.15, 0.2) is 5.69 Å². The molecule has 1 atom stereocenters. The maximum Gasteiger partial charge on any atom is 0.163 e. The van der Waals surface area contributed by atoms with E-state index in [9.17, 15) is 0 Å². The molecule has 0 saturated heterocycles. The van der Waals surface area contributed by atoms with E-state index in [2.05, 4.69) is 47.6 Å². The fraction of sp³-hybridized carbons (Fsp3) is 0.250. The van der Waals surface area contributed by atoms with Crippen molar-refractivity contribution in [2.75, 3.05) is 5.32 Å². The predicted octanol–water partition coefficient (Wildman–Crippen LogP) is 3.39. The van der Waals surface area contributed by atoms with Crippen LogP contribution in [0.1, 0.15) is 24.6 Å². The van der Waals surface area contributed by atoms with Gasteiger partial charge in [0.2, 0.25) is 0 Å². The van der Waals surface area contributed by atoms with E-state index in [1.54, 1.807) is 6.20 Å². The summed E-state index contributed by atoms with van der Waals surface area (Å²) in [6, 6.07) is 16.6. The largest absolute Gasteiger partial charge is 0.380 e. The van der Waals surface area contributed by atoms with Gasteiger partial charge in [0, 0.05) is 12.2 Å². The van der Waals surface area contributed by atoms with E-state index < -0.39 is 0 Å². The molecule has 0 aliphatic carbocycles. The number of aromatic nitrogens is 1. The fourth-order valence-electron chi connectivity index (χ4n) is 1.98. The Morgan fingerprint density at radius 1 is 1.21 bits per heavy atom. The second-order valence-corrected chi connectivity index (χ2v) is 4.58. The number of pyridine rings is 1. The molecule has 2 aromatic rings. The van der Waals surface area contributed by atoms with Gasteiger partial charge in [0.05, 0.1) is 5.69 Å². The number of aryl methyl sites for hydroxylation is 1. The van der Waals surface area contributed by atoms with Crippen molar-refractivity contribution in [3.8, 4) is 6.07 Å². The van der Waals surface area contributed by atoms with Crippen molar-refractivity contribution < 1.29 is 0 Å². The maximum absolute atomic E-state index is 8.99. The van der Waals surface area contributed by atoms with Crippen molar-refractivity contribution in [3.05, 3.63) is 59.9 Å². The molecule has 2 rings (SSSR count). The van der Waals surface area contributed by atoms with Gasteiger partial charge in [0.25, 0.3) is 0 Å². The highest BCUT2D eigenvalue weighted by Gasteiger charge is 2.06. The van der Waals surface area contributed by atoms with Crippen LogP contribution in [0, 0.1) is 11.3 Å². The summed E-state index contributed by atoms with van der Waals surface area (Å²) in [5.74, 6) is 0. The van der Waals surface area contributed by atoms with Crippen molar-refractivity contribution in [2.45, 2.75) is 25.8 Å². The SMILES string of the molecule is CC(CCc1ccccc1)Nc1cccnc1C#N. The molecule has 0 fully saturated rings. The molecule has 1 heterocycles. The van der Waals surface area contributed by atoms with Crippen molar-refractivity contribution in [3.63, 3.8) is 0 Å². The summed E-state index contributed by atoms with van der Waals surface area (Å²) in [6.07, 6.45) is 3.68. The minimum atomic E-state index is 0.302. The quantitative estimate of drug-likeness (QED) is 0.886. The first-order valence-electron chi connectivity index (χ1n) is 6.45. The number of hydrogen-bond donors (Lipinski definition) is 1. The average Bonchev–Trinajstić information content (AvgIpc) is 2.47. The van der Waals surface area contributed by atoms with Crippen LogP contribution >= 0.6 is 0 Å². The minimum Gasteiger partial charge on any atom is -0.380 e. The lowest BCUT2D eigenvalue weighted by Crippen LogP contribution is -2.17. The standard InChI is InChI=1S/C16H17N3/c1-13(9-10-14-6-3-2-4-7-14)19-15-8-5-11-18-16(15)12-17/h2-8,11,13,19H,9-10H2,1H3. The third kappa shape index (κ3) is 3.82. The van der Waals surface area contributed by atoms with Gasteiger partial charge in [-0.15, -0.1) is 0 Å². The average molecular weight is 251 g/mol.